The first kappa shape index (κ1) is 27.8. The number of carboxylic acids is 1. The van der Waals surface area contributed by atoms with Gasteiger partial charge in [0.25, 0.3) is 0 Å². The first-order valence-corrected chi connectivity index (χ1v) is 11.2. The third-order valence-corrected chi connectivity index (χ3v) is 6.69. The molecule has 1 aromatic carbocycles. The Balaban J connectivity index is 0.00000450. The molecule has 3 N–H and O–H groups in total. The molecule has 0 bridgehead atoms. The Morgan fingerprint density at radius 1 is 1.33 bits per heavy atom. The Kier molecular flexibility index (Phi) is 13.7. The third-order valence-electron chi connectivity index (χ3n) is 4.82. The second kappa shape index (κ2) is 14.7. The molecule has 6 nitrogen and oxygen atoms in total. The van der Waals surface area contributed by atoms with Crippen molar-refractivity contribution >= 4 is 29.3 Å². The maximum Gasteiger partial charge on any atom is 1.00 e. The van der Waals surface area contributed by atoms with Crippen LogP contribution in [0.1, 0.15) is 32.1 Å². The Morgan fingerprint density at radius 3 is 2.80 bits per heavy atom. The van der Waals surface area contributed by atoms with Crippen LogP contribution in [-0.4, -0.2) is 57.2 Å². The Morgan fingerprint density at radius 2 is 2.10 bits per heavy atom. The molecule has 30 heavy (non-hydrogen) atoms. The molecule has 0 aromatic heterocycles. The monoisotopic (exact) mass is 466 g/mol. The zero-order valence-corrected chi connectivity index (χ0v) is 20.7. The summed E-state index contributed by atoms with van der Waals surface area (Å²) in [6.45, 7) is 0.113. The molecule has 5 atom stereocenters. The number of benzene rings is 1. The quantitative estimate of drug-likeness (QED) is 0.201. The number of unbranched alkanes of at least 4 members (excludes halogenated alkanes) is 1. The van der Waals surface area contributed by atoms with Crippen LogP contribution in [0.2, 0.25) is 5.02 Å². The molecule has 162 valence electrons. The van der Waals surface area contributed by atoms with E-state index in [9.17, 15) is 25.2 Å². The number of thioether (sulfide) groups is 1. The van der Waals surface area contributed by atoms with Gasteiger partial charge in [0.05, 0.1) is 18.3 Å². The Bertz CT molecular complexity index is 677. The smallest absolute Gasteiger partial charge is 0.550 e. The number of ether oxygens (including phenoxy) is 1. The number of carbonyl (C=O) groups excluding carboxylic acids is 1. The molecular weight excluding hydrogens is 439 g/mol. The number of hydrogen-bond acceptors (Lipinski definition) is 7. The van der Waals surface area contributed by atoms with Crippen molar-refractivity contribution in [1.29, 1.82) is 0 Å². The summed E-state index contributed by atoms with van der Waals surface area (Å²) < 4.78 is 5.54. The van der Waals surface area contributed by atoms with Crippen LogP contribution in [-0.2, 0) is 4.79 Å². The maximum absolute atomic E-state index is 10.4. The first-order chi connectivity index (χ1) is 13.9. The number of carbonyl (C=O) groups is 1. The predicted octanol–water partition coefficient (Wildman–Crippen LogP) is -1.21. The van der Waals surface area contributed by atoms with Crippen LogP contribution in [0.4, 0.5) is 0 Å². The standard InChI is InChI=1S/C21H29ClO6S.Na/c22-14-6-5-7-16(10-14)28-12-15(23)13-29-21-17(18(24)11-19(21)25)8-3-1-2-4-9-20(26)27;/h1,3,5-7,10,15,17-19,21,23-25H,2,4,8-9,11-13H2,(H,26,27);/q;+1/p-1/b3-1+;/t15-,17-,18-,19+,21?;/m0./s1. The van der Waals surface area contributed by atoms with E-state index in [2.05, 4.69) is 0 Å². The van der Waals surface area contributed by atoms with Crippen LogP contribution in [0.3, 0.4) is 0 Å². The molecule has 1 aliphatic carbocycles. The van der Waals surface area contributed by atoms with Gasteiger partial charge in [-0.05, 0) is 43.9 Å². The number of rotatable bonds is 12. The van der Waals surface area contributed by atoms with E-state index in [1.165, 1.54) is 11.8 Å². The fourth-order valence-corrected chi connectivity index (χ4v) is 4.94. The van der Waals surface area contributed by atoms with Gasteiger partial charge in [0.2, 0.25) is 0 Å². The van der Waals surface area contributed by atoms with Crippen LogP contribution in [0, 0.1) is 5.92 Å². The van der Waals surface area contributed by atoms with E-state index in [1.54, 1.807) is 24.3 Å². The number of carboxylic acid groups (broad SMARTS) is 1. The van der Waals surface area contributed by atoms with Crippen LogP contribution in [0.25, 0.3) is 0 Å². The van der Waals surface area contributed by atoms with Crippen LogP contribution >= 0.6 is 23.4 Å². The third kappa shape index (κ3) is 9.92. The van der Waals surface area contributed by atoms with Gasteiger partial charge in [0.1, 0.15) is 12.4 Å². The van der Waals surface area contributed by atoms with Gasteiger partial charge in [0, 0.05) is 34.3 Å². The Hall–Kier alpha value is -0.250. The topological polar surface area (TPSA) is 110 Å². The normalized spacial score (nSPS) is 24.5. The number of aliphatic carboxylic acids is 1. The molecule has 0 spiro atoms. The molecule has 1 unspecified atom stereocenters. The fraction of sp³-hybridized carbons (Fsp3) is 0.571. The van der Waals surface area contributed by atoms with E-state index in [4.69, 9.17) is 16.3 Å². The van der Waals surface area contributed by atoms with E-state index < -0.39 is 24.3 Å². The second-order valence-corrected chi connectivity index (χ2v) is 8.87. The summed E-state index contributed by atoms with van der Waals surface area (Å²) in [5, 5.41) is 41.5. The van der Waals surface area contributed by atoms with Gasteiger partial charge in [-0.3, -0.25) is 0 Å². The van der Waals surface area contributed by atoms with E-state index in [-0.39, 0.29) is 53.8 Å². The summed E-state index contributed by atoms with van der Waals surface area (Å²) in [5.74, 6) is -0.212. The summed E-state index contributed by atoms with van der Waals surface area (Å²) in [7, 11) is 0. The molecule has 2 rings (SSSR count). The molecular formula is C21H28ClNaO6S. The van der Waals surface area contributed by atoms with Gasteiger partial charge in [-0.15, -0.1) is 0 Å². The van der Waals surface area contributed by atoms with E-state index >= 15 is 0 Å². The fourth-order valence-electron chi connectivity index (χ4n) is 3.34. The minimum Gasteiger partial charge on any atom is -0.550 e. The van der Waals surface area contributed by atoms with Crippen molar-refractivity contribution < 1.29 is 59.5 Å². The van der Waals surface area contributed by atoms with Crippen molar-refractivity contribution in [2.45, 2.75) is 55.7 Å². The average molecular weight is 467 g/mol. The molecule has 0 aliphatic heterocycles. The van der Waals surface area contributed by atoms with Gasteiger partial charge in [-0.2, -0.15) is 11.8 Å². The van der Waals surface area contributed by atoms with Crippen molar-refractivity contribution in [2.75, 3.05) is 12.4 Å². The molecule has 0 heterocycles. The molecule has 1 saturated carbocycles. The van der Waals surface area contributed by atoms with Crippen molar-refractivity contribution in [3.05, 3.63) is 41.4 Å². The summed E-state index contributed by atoms with van der Waals surface area (Å²) in [4.78, 5) is 10.4. The molecule has 1 aromatic rings. The van der Waals surface area contributed by atoms with Crippen LogP contribution < -0.4 is 39.4 Å². The average Bonchev–Trinajstić information content (AvgIpc) is 2.93. The summed E-state index contributed by atoms with van der Waals surface area (Å²) in [6.07, 6.45) is 3.97. The van der Waals surface area contributed by atoms with Gasteiger partial charge in [0.15, 0.2) is 0 Å². The minimum atomic E-state index is -1.05. The van der Waals surface area contributed by atoms with Gasteiger partial charge in [-0.25, -0.2) is 0 Å². The molecule has 1 aliphatic rings. The Labute approximate surface area is 209 Å². The largest absolute Gasteiger partial charge is 1.00 e. The number of aliphatic hydroxyl groups excluding tert-OH is 3. The van der Waals surface area contributed by atoms with Gasteiger partial charge in [-0.1, -0.05) is 29.8 Å². The van der Waals surface area contributed by atoms with Gasteiger partial charge < -0.3 is 30.0 Å². The van der Waals surface area contributed by atoms with E-state index in [1.807, 2.05) is 12.2 Å². The molecule has 0 amide bonds. The van der Waals surface area contributed by atoms with E-state index in [0.717, 1.165) is 0 Å². The number of allylic oxidation sites excluding steroid dienone is 2. The van der Waals surface area contributed by atoms with Crippen LogP contribution in [0.15, 0.2) is 36.4 Å². The van der Waals surface area contributed by atoms with Crippen molar-refractivity contribution in [3.8, 4) is 5.75 Å². The number of hydrogen-bond donors (Lipinski definition) is 3. The minimum absolute atomic E-state index is 0. The van der Waals surface area contributed by atoms with E-state index in [0.29, 0.717) is 42.2 Å². The number of aliphatic hydroxyl groups is 3. The second-order valence-electron chi connectivity index (χ2n) is 7.23. The van der Waals surface area contributed by atoms with Crippen molar-refractivity contribution in [1.82, 2.24) is 0 Å². The molecule has 0 radical (unpaired) electrons. The molecule has 1 fully saturated rings. The zero-order chi connectivity index (χ0) is 21.2. The zero-order valence-electron chi connectivity index (χ0n) is 17.2. The SMILES string of the molecule is O=C([O-])CCC/C=C/C[C@@H]1C(SC[C@@H](O)COc2cccc(Cl)c2)[C@H](O)C[C@@H]1O.[Na+]. The summed E-state index contributed by atoms with van der Waals surface area (Å²) in [5.41, 5.74) is 0. The molecule has 9 heteroatoms. The maximum atomic E-state index is 10.4. The number of halogens is 1. The predicted molar refractivity (Wildman–Crippen MR) is 112 cm³/mol. The first-order valence-electron chi connectivity index (χ1n) is 9.75. The summed E-state index contributed by atoms with van der Waals surface area (Å²) >= 11 is 7.34. The molecule has 0 saturated heterocycles. The van der Waals surface area contributed by atoms with Crippen molar-refractivity contribution in [2.24, 2.45) is 5.92 Å². The van der Waals surface area contributed by atoms with Gasteiger partial charge >= 0.3 is 29.6 Å². The summed E-state index contributed by atoms with van der Waals surface area (Å²) in [6, 6.07) is 6.95. The van der Waals surface area contributed by atoms with Crippen molar-refractivity contribution in [3.63, 3.8) is 0 Å². The van der Waals surface area contributed by atoms with Crippen LogP contribution in [0.5, 0.6) is 5.75 Å².